The molecule has 1 saturated carbocycles. The Morgan fingerprint density at radius 3 is 2.60 bits per heavy atom. The van der Waals surface area contributed by atoms with Crippen LogP contribution in [0.15, 0.2) is 30.6 Å². The maximum absolute atomic E-state index is 13.3. The van der Waals surface area contributed by atoms with Crippen molar-refractivity contribution in [1.82, 2.24) is 19.5 Å². The zero-order chi connectivity index (χ0) is 24.8. The van der Waals surface area contributed by atoms with Crippen LogP contribution in [0.2, 0.25) is 0 Å². The molecule has 1 saturated heterocycles. The number of hydrogen-bond donors (Lipinski definition) is 1. The van der Waals surface area contributed by atoms with E-state index in [1.165, 1.54) is 6.08 Å². The van der Waals surface area contributed by atoms with Crippen LogP contribution in [0.25, 0.3) is 6.08 Å². The number of nitrogens with zero attached hydrogens (tertiary/aromatic N) is 3. The Hall–Kier alpha value is -1.81. The Morgan fingerprint density at radius 1 is 1.11 bits per heavy atom. The minimum atomic E-state index is -3.22. The van der Waals surface area contributed by atoms with Crippen molar-refractivity contribution in [3.63, 3.8) is 0 Å². The summed E-state index contributed by atoms with van der Waals surface area (Å²) < 4.78 is 33.7. The molecule has 1 aliphatic carbocycles. The molecule has 1 aromatic rings. The van der Waals surface area contributed by atoms with Gasteiger partial charge in [0, 0.05) is 51.2 Å². The van der Waals surface area contributed by atoms with Crippen molar-refractivity contribution in [3.8, 4) is 0 Å². The van der Waals surface area contributed by atoms with Gasteiger partial charge in [-0.3, -0.25) is 14.7 Å². The first-order chi connectivity index (χ1) is 17.1. The molecule has 1 aliphatic heterocycles. The van der Waals surface area contributed by atoms with E-state index >= 15 is 0 Å². The maximum Gasteiger partial charge on any atom is 0.243 e. The number of carbonyl (C=O) groups is 1. The van der Waals surface area contributed by atoms with Gasteiger partial charge in [0.2, 0.25) is 15.9 Å². The van der Waals surface area contributed by atoms with Gasteiger partial charge in [-0.25, -0.2) is 12.7 Å². The summed E-state index contributed by atoms with van der Waals surface area (Å²) in [6.45, 7) is 6.17. The van der Waals surface area contributed by atoms with Gasteiger partial charge in [0.15, 0.2) is 0 Å². The summed E-state index contributed by atoms with van der Waals surface area (Å²) >= 11 is 0. The van der Waals surface area contributed by atoms with E-state index in [9.17, 15) is 13.2 Å². The molecule has 1 N–H and O–H groups in total. The highest BCUT2D eigenvalue weighted by Gasteiger charge is 2.33. The number of rotatable bonds is 15. The Labute approximate surface area is 211 Å². The van der Waals surface area contributed by atoms with E-state index in [1.54, 1.807) is 22.8 Å². The van der Waals surface area contributed by atoms with Gasteiger partial charge in [0.1, 0.15) is 0 Å². The van der Waals surface area contributed by atoms with E-state index in [0.717, 1.165) is 96.2 Å². The lowest BCUT2D eigenvalue weighted by molar-refractivity contribution is -0.116. The van der Waals surface area contributed by atoms with Crippen LogP contribution >= 0.6 is 0 Å². The lowest BCUT2D eigenvalue weighted by Gasteiger charge is -2.29. The van der Waals surface area contributed by atoms with Gasteiger partial charge in [-0.2, -0.15) is 0 Å². The number of unbranched alkanes of at least 4 members (excludes halogenated alkanes) is 3. The van der Waals surface area contributed by atoms with Crippen LogP contribution in [0.4, 0.5) is 0 Å². The Morgan fingerprint density at radius 2 is 1.86 bits per heavy atom. The number of sulfonamides is 1. The third-order valence-corrected chi connectivity index (χ3v) is 9.21. The minimum Gasteiger partial charge on any atom is -0.379 e. The summed E-state index contributed by atoms with van der Waals surface area (Å²) in [4.78, 5) is 18.3. The zero-order valence-corrected chi connectivity index (χ0v) is 21.8. The van der Waals surface area contributed by atoms with Crippen LogP contribution in [0.5, 0.6) is 0 Å². The number of morpholine rings is 1. The molecule has 2 heterocycles. The molecule has 0 atom stereocenters. The minimum absolute atomic E-state index is 0.108. The molecule has 3 rings (SSSR count). The molecule has 35 heavy (non-hydrogen) atoms. The Bertz CT molecular complexity index is 867. The quantitative estimate of drug-likeness (QED) is 0.290. The number of carbonyl (C=O) groups excluding carboxylic acids is 1. The fraction of sp³-hybridized carbons (Fsp3) is 0.692. The molecule has 0 radical (unpaired) electrons. The van der Waals surface area contributed by atoms with Gasteiger partial charge in [-0.05, 0) is 56.4 Å². The molecule has 2 aliphatic rings. The fourth-order valence-corrected chi connectivity index (χ4v) is 6.86. The monoisotopic (exact) mass is 506 g/mol. The molecule has 8 nitrogen and oxygen atoms in total. The average molecular weight is 507 g/mol. The highest BCUT2D eigenvalue weighted by molar-refractivity contribution is 7.89. The van der Waals surface area contributed by atoms with Crippen LogP contribution in [0.3, 0.4) is 0 Å². The van der Waals surface area contributed by atoms with Crippen molar-refractivity contribution >= 4 is 22.0 Å². The summed E-state index contributed by atoms with van der Waals surface area (Å²) in [5, 5.41) is 2.71. The van der Waals surface area contributed by atoms with Crippen molar-refractivity contribution < 1.29 is 17.9 Å². The van der Waals surface area contributed by atoms with E-state index in [1.807, 2.05) is 12.1 Å². The number of hydrogen-bond acceptors (Lipinski definition) is 6. The largest absolute Gasteiger partial charge is 0.379 e. The van der Waals surface area contributed by atoms with Crippen LogP contribution < -0.4 is 5.32 Å². The van der Waals surface area contributed by atoms with Gasteiger partial charge in [0.05, 0.1) is 18.5 Å². The smallest absolute Gasteiger partial charge is 0.243 e. The normalized spacial score (nSPS) is 18.0. The van der Waals surface area contributed by atoms with Gasteiger partial charge >= 0.3 is 0 Å². The lowest BCUT2D eigenvalue weighted by atomic mass is 10.2. The maximum atomic E-state index is 13.3. The van der Waals surface area contributed by atoms with Crippen molar-refractivity contribution in [2.24, 2.45) is 0 Å². The molecule has 1 amide bonds. The molecule has 2 fully saturated rings. The topological polar surface area (TPSA) is 91.8 Å². The Balaban J connectivity index is 1.34. The van der Waals surface area contributed by atoms with Crippen molar-refractivity contribution in [3.05, 3.63) is 36.2 Å². The molecular formula is C26H42N4O4S. The fourth-order valence-electron chi connectivity index (χ4n) is 4.74. The van der Waals surface area contributed by atoms with Crippen LogP contribution in [-0.2, 0) is 19.6 Å². The van der Waals surface area contributed by atoms with E-state index in [-0.39, 0.29) is 11.2 Å². The summed E-state index contributed by atoms with van der Waals surface area (Å²) in [7, 11) is -3.22. The van der Waals surface area contributed by atoms with E-state index in [2.05, 4.69) is 15.2 Å². The SMILES string of the molecule is O=C(C=Cc1cccnc1)NCCCCCCN(CCCN1CCOCC1)S(=O)(=O)C1CCCC1. The zero-order valence-electron chi connectivity index (χ0n) is 20.9. The molecule has 0 aromatic carbocycles. The van der Waals surface area contributed by atoms with E-state index < -0.39 is 10.0 Å². The highest BCUT2D eigenvalue weighted by Crippen LogP contribution is 2.27. The number of aromatic nitrogens is 1. The molecular weight excluding hydrogens is 464 g/mol. The van der Waals surface area contributed by atoms with Gasteiger partial charge < -0.3 is 10.1 Å². The summed E-state index contributed by atoms with van der Waals surface area (Å²) in [5.41, 5.74) is 0.893. The van der Waals surface area contributed by atoms with E-state index in [4.69, 9.17) is 4.74 Å². The van der Waals surface area contributed by atoms with E-state index in [0.29, 0.717) is 19.6 Å². The predicted molar refractivity (Wildman–Crippen MR) is 139 cm³/mol. The second kappa shape index (κ2) is 15.3. The molecule has 9 heteroatoms. The van der Waals surface area contributed by atoms with Crippen LogP contribution in [0.1, 0.15) is 63.4 Å². The summed E-state index contributed by atoms with van der Waals surface area (Å²) in [5.74, 6) is -0.108. The third kappa shape index (κ3) is 9.99. The average Bonchev–Trinajstić information content (AvgIpc) is 3.43. The van der Waals surface area contributed by atoms with Gasteiger partial charge in [-0.1, -0.05) is 31.7 Å². The number of nitrogens with one attached hydrogen (secondary N) is 1. The van der Waals surface area contributed by atoms with Crippen LogP contribution in [-0.4, -0.2) is 86.2 Å². The molecule has 196 valence electrons. The predicted octanol–water partition coefficient (Wildman–Crippen LogP) is 3.07. The number of amides is 1. The first-order valence-electron chi connectivity index (χ1n) is 13.2. The Kier molecular flexibility index (Phi) is 12.2. The number of ether oxygens (including phenoxy) is 1. The van der Waals surface area contributed by atoms with Gasteiger partial charge in [-0.15, -0.1) is 0 Å². The first kappa shape index (κ1) is 27.8. The van der Waals surface area contributed by atoms with Crippen LogP contribution in [0, 0.1) is 0 Å². The molecule has 0 bridgehead atoms. The van der Waals surface area contributed by atoms with Crippen molar-refractivity contribution in [2.45, 2.75) is 63.0 Å². The summed E-state index contributed by atoms with van der Waals surface area (Å²) in [6.07, 6.45) is 14.9. The van der Waals surface area contributed by atoms with Gasteiger partial charge in [0.25, 0.3) is 0 Å². The first-order valence-corrected chi connectivity index (χ1v) is 14.7. The standard InChI is InChI=1S/C26H42N4O4S/c31-26(13-12-24-9-7-14-27-23-24)28-15-5-1-2-6-17-30(35(32,33)25-10-3-4-11-25)18-8-16-29-19-21-34-22-20-29/h7,9,12-14,23,25H,1-6,8,10-11,15-22H2,(H,28,31). The number of pyridine rings is 1. The second-order valence-electron chi connectivity index (χ2n) is 9.48. The molecule has 1 aromatic heterocycles. The molecule has 0 unspecified atom stereocenters. The van der Waals surface area contributed by atoms with Crippen molar-refractivity contribution in [2.75, 3.05) is 52.5 Å². The third-order valence-electron chi connectivity index (χ3n) is 6.81. The lowest BCUT2D eigenvalue weighted by Crippen LogP contribution is -2.41. The highest BCUT2D eigenvalue weighted by atomic mass is 32.2. The molecule has 0 spiro atoms. The second-order valence-corrected chi connectivity index (χ2v) is 11.7. The van der Waals surface area contributed by atoms with Crippen molar-refractivity contribution in [1.29, 1.82) is 0 Å². The summed E-state index contributed by atoms with van der Waals surface area (Å²) in [6, 6.07) is 3.73.